The lowest BCUT2D eigenvalue weighted by Gasteiger charge is -2.22. The summed E-state index contributed by atoms with van der Waals surface area (Å²) in [4.78, 5) is 25.7. The van der Waals surface area contributed by atoms with E-state index in [4.69, 9.17) is 0 Å². The highest BCUT2D eigenvalue weighted by Gasteiger charge is 2.42. The Bertz CT molecular complexity index is 997. The number of amides is 1. The van der Waals surface area contributed by atoms with Crippen LogP contribution in [0.3, 0.4) is 0 Å². The third kappa shape index (κ3) is 2.83. The van der Waals surface area contributed by atoms with Crippen LogP contribution in [0, 0.1) is 25.7 Å². The first-order valence-electron chi connectivity index (χ1n) is 9.47. The number of hydrogen-bond acceptors (Lipinski definition) is 6. The van der Waals surface area contributed by atoms with Crippen LogP contribution in [0.15, 0.2) is 30.9 Å². The first kappa shape index (κ1) is 16.9. The summed E-state index contributed by atoms with van der Waals surface area (Å²) in [5, 5.41) is 11.1. The molecule has 2 aliphatic heterocycles. The fraction of sp³-hybridized carbons (Fsp3) is 0.421. The standard InChI is InChI=1S/C19H22N8O/c1-12-3-13(2)27(24-12)18-4-17(20-11-21-18)25-7-15-9-26(10-16(15)8-25)19(28)14-5-22-23-6-14/h3-6,11,15-16H,7-10H2,1-2H3,(H,22,23). The zero-order chi connectivity index (χ0) is 19.3. The molecule has 0 aliphatic carbocycles. The second kappa shape index (κ2) is 6.43. The minimum absolute atomic E-state index is 0.0588. The van der Waals surface area contributed by atoms with Crippen LogP contribution >= 0.6 is 0 Å². The van der Waals surface area contributed by atoms with Crippen LogP contribution in [-0.4, -0.2) is 66.9 Å². The molecule has 1 amide bonds. The molecule has 5 heterocycles. The molecule has 3 aromatic rings. The van der Waals surface area contributed by atoms with E-state index >= 15 is 0 Å². The number of fused-ring (bicyclic) bond motifs is 1. The molecule has 2 atom stereocenters. The van der Waals surface area contributed by atoms with Gasteiger partial charge in [-0.25, -0.2) is 14.6 Å². The maximum absolute atomic E-state index is 12.5. The Morgan fingerprint density at radius 1 is 1.07 bits per heavy atom. The molecule has 144 valence electrons. The third-order valence-electron chi connectivity index (χ3n) is 5.71. The molecule has 3 aromatic heterocycles. The van der Waals surface area contributed by atoms with Crippen molar-refractivity contribution >= 4 is 11.7 Å². The lowest BCUT2D eigenvalue weighted by Crippen LogP contribution is -2.33. The molecule has 5 rings (SSSR count). The van der Waals surface area contributed by atoms with Crippen molar-refractivity contribution < 1.29 is 4.79 Å². The van der Waals surface area contributed by atoms with Crippen molar-refractivity contribution in [2.24, 2.45) is 11.8 Å². The molecule has 9 nitrogen and oxygen atoms in total. The molecule has 0 radical (unpaired) electrons. The highest BCUT2D eigenvalue weighted by Crippen LogP contribution is 2.34. The summed E-state index contributed by atoms with van der Waals surface area (Å²) >= 11 is 0. The zero-order valence-corrected chi connectivity index (χ0v) is 15.9. The van der Waals surface area contributed by atoms with Gasteiger partial charge in [-0.15, -0.1) is 0 Å². The van der Waals surface area contributed by atoms with Crippen molar-refractivity contribution in [1.82, 2.24) is 34.8 Å². The summed E-state index contributed by atoms with van der Waals surface area (Å²) in [5.74, 6) is 2.68. The third-order valence-corrected chi connectivity index (χ3v) is 5.71. The maximum Gasteiger partial charge on any atom is 0.257 e. The zero-order valence-electron chi connectivity index (χ0n) is 15.9. The van der Waals surface area contributed by atoms with E-state index in [2.05, 4.69) is 30.2 Å². The number of carbonyl (C=O) groups is 1. The predicted molar refractivity (Wildman–Crippen MR) is 102 cm³/mol. The van der Waals surface area contributed by atoms with Gasteiger partial charge < -0.3 is 9.80 Å². The Balaban J connectivity index is 1.30. The van der Waals surface area contributed by atoms with Gasteiger partial charge in [0.1, 0.15) is 12.1 Å². The van der Waals surface area contributed by atoms with E-state index in [0.717, 1.165) is 49.2 Å². The van der Waals surface area contributed by atoms with Crippen LogP contribution in [0.2, 0.25) is 0 Å². The van der Waals surface area contributed by atoms with Crippen molar-refractivity contribution in [3.63, 3.8) is 0 Å². The van der Waals surface area contributed by atoms with Gasteiger partial charge in [-0.05, 0) is 19.9 Å². The number of aryl methyl sites for hydroxylation is 2. The number of aromatic nitrogens is 6. The number of hydrogen-bond donors (Lipinski definition) is 1. The molecule has 1 N–H and O–H groups in total. The van der Waals surface area contributed by atoms with E-state index < -0.39 is 0 Å². The normalized spacial score (nSPS) is 21.4. The SMILES string of the molecule is Cc1cc(C)n(-c2cc(N3CC4CN(C(=O)c5cn[nH]c5)CC4C3)ncn2)n1. The van der Waals surface area contributed by atoms with Gasteiger partial charge in [0, 0.05) is 56.0 Å². The summed E-state index contributed by atoms with van der Waals surface area (Å²) in [6.45, 7) is 7.35. The van der Waals surface area contributed by atoms with Gasteiger partial charge in [0.05, 0.1) is 17.5 Å². The predicted octanol–water partition coefficient (Wildman–Crippen LogP) is 1.21. The summed E-state index contributed by atoms with van der Waals surface area (Å²) in [7, 11) is 0. The average Bonchev–Trinajstić information content (AvgIpc) is 3.45. The molecule has 0 aromatic carbocycles. The number of nitrogens with zero attached hydrogens (tertiary/aromatic N) is 7. The molecule has 0 bridgehead atoms. The number of carbonyl (C=O) groups excluding carboxylic acids is 1. The van der Waals surface area contributed by atoms with Crippen molar-refractivity contribution in [3.8, 4) is 5.82 Å². The topological polar surface area (TPSA) is 95.8 Å². The molecule has 0 spiro atoms. The fourth-order valence-corrected chi connectivity index (χ4v) is 4.38. The Morgan fingerprint density at radius 2 is 1.82 bits per heavy atom. The molecule has 2 fully saturated rings. The summed E-state index contributed by atoms with van der Waals surface area (Å²) < 4.78 is 1.85. The van der Waals surface area contributed by atoms with Gasteiger partial charge in [-0.2, -0.15) is 10.2 Å². The van der Waals surface area contributed by atoms with Crippen molar-refractivity contribution in [3.05, 3.63) is 47.8 Å². The molecule has 9 heteroatoms. The van der Waals surface area contributed by atoms with Crippen LogP contribution in [0.4, 0.5) is 5.82 Å². The van der Waals surface area contributed by atoms with Crippen LogP contribution in [0.5, 0.6) is 0 Å². The minimum atomic E-state index is 0.0588. The quantitative estimate of drug-likeness (QED) is 0.736. The van der Waals surface area contributed by atoms with E-state index in [9.17, 15) is 4.79 Å². The van der Waals surface area contributed by atoms with Crippen molar-refractivity contribution in [1.29, 1.82) is 0 Å². The molecular formula is C19H22N8O. The molecule has 2 aliphatic rings. The average molecular weight is 378 g/mol. The maximum atomic E-state index is 12.5. The second-order valence-electron chi connectivity index (χ2n) is 7.70. The van der Waals surface area contributed by atoms with E-state index in [1.54, 1.807) is 18.7 Å². The number of anilines is 1. The van der Waals surface area contributed by atoms with Gasteiger partial charge in [0.2, 0.25) is 0 Å². The molecule has 2 saturated heterocycles. The lowest BCUT2D eigenvalue weighted by atomic mass is 10.0. The van der Waals surface area contributed by atoms with E-state index in [1.807, 2.05) is 35.6 Å². The van der Waals surface area contributed by atoms with Gasteiger partial charge in [-0.3, -0.25) is 9.89 Å². The Morgan fingerprint density at radius 3 is 2.46 bits per heavy atom. The number of rotatable bonds is 3. The summed E-state index contributed by atoms with van der Waals surface area (Å²) in [6, 6.07) is 4.03. The van der Waals surface area contributed by atoms with Crippen LogP contribution in [0.1, 0.15) is 21.7 Å². The number of likely N-dealkylation sites (tertiary alicyclic amines) is 1. The van der Waals surface area contributed by atoms with Crippen LogP contribution in [-0.2, 0) is 0 Å². The minimum Gasteiger partial charge on any atom is -0.356 e. The first-order valence-corrected chi connectivity index (χ1v) is 9.47. The Labute approximate surface area is 162 Å². The molecule has 2 unspecified atom stereocenters. The molecule has 0 saturated carbocycles. The lowest BCUT2D eigenvalue weighted by molar-refractivity contribution is 0.0782. The first-order chi connectivity index (χ1) is 13.6. The Kier molecular flexibility index (Phi) is 3.88. The molecular weight excluding hydrogens is 356 g/mol. The van der Waals surface area contributed by atoms with Gasteiger partial charge in [0.15, 0.2) is 5.82 Å². The number of H-pyrrole nitrogens is 1. The second-order valence-corrected chi connectivity index (χ2v) is 7.70. The van der Waals surface area contributed by atoms with Gasteiger partial charge >= 0.3 is 0 Å². The number of nitrogens with one attached hydrogen (secondary N) is 1. The largest absolute Gasteiger partial charge is 0.356 e. The van der Waals surface area contributed by atoms with Gasteiger partial charge in [-0.1, -0.05) is 0 Å². The summed E-state index contributed by atoms with van der Waals surface area (Å²) in [6.07, 6.45) is 4.85. The fourth-order valence-electron chi connectivity index (χ4n) is 4.38. The van der Waals surface area contributed by atoms with Crippen LogP contribution < -0.4 is 4.90 Å². The van der Waals surface area contributed by atoms with E-state index in [-0.39, 0.29) is 5.91 Å². The summed E-state index contributed by atoms with van der Waals surface area (Å²) in [5.41, 5.74) is 2.65. The molecule has 28 heavy (non-hydrogen) atoms. The van der Waals surface area contributed by atoms with E-state index in [0.29, 0.717) is 17.4 Å². The Hall–Kier alpha value is -3.23. The smallest absolute Gasteiger partial charge is 0.257 e. The highest BCUT2D eigenvalue weighted by molar-refractivity contribution is 5.93. The monoisotopic (exact) mass is 378 g/mol. The van der Waals surface area contributed by atoms with Crippen molar-refractivity contribution in [2.75, 3.05) is 31.1 Å². The van der Waals surface area contributed by atoms with Gasteiger partial charge in [0.25, 0.3) is 5.91 Å². The number of aromatic amines is 1. The van der Waals surface area contributed by atoms with Crippen LogP contribution in [0.25, 0.3) is 5.82 Å². The van der Waals surface area contributed by atoms with E-state index in [1.165, 1.54) is 0 Å². The highest BCUT2D eigenvalue weighted by atomic mass is 16.2. The van der Waals surface area contributed by atoms with Crippen molar-refractivity contribution in [2.45, 2.75) is 13.8 Å².